The second-order valence-corrected chi connectivity index (χ2v) is 5.40. The Morgan fingerprint density at radius 3 is 1.83 bits per heavy atom. The molecule has 0 unspecified atom stereocenters. The van der Waals surface area contributed by atoms with Crippen LogP contribution in [-0.4, -0.2) is 15.5 Å². The fourth-order valence-corrected chi connectivity index (χ4v) is 0. The summed E-state index contributed by atoms with van der Waals surface area (Å²) < 4.78 is 21.8. The molecule has 38 valence electrons. The molecular weight excluding hydrogens is 217 g/mol. The van der Waals surface area contributed by atoms with Gasteiger partial charge >= 0.3 is 0 Å². The van der Waals surface area contributed by atoms with Crippen LogP contribution in [0.4, 0.5) is 0 Å². The van der Waals surface area contributed by atoms with E-state index < -0.39 is 7.19 Å². The van der Waals surface area contributed by atoms with Gasteiger partial charge in [0.2, 0.25) is 0 Å². The third-order valence-electron chi connectivity index (χ3n) is 0.244. The summed E-state index contributed by atoms with van der Waals surface area (Å²) in [5.74, 6) is 0. The summed E-state index contributed by atoms with van der Waals surface area (Å²) in [4.78, 5) is 0. The minimum atomic E-state index is -2.94. The molecule has 0 spiro atoms. The van der Waals surface area contributed by atoms with Crippen LogP contribution in [-0.2, 0) is 7.19 Å². The van der Waals surface area contributed by atoms with Crippen LogP contribution in [0.25, 0.3) is 0 Å². The first kappa shape index (κ1) is 6.64. The highest BCUT2D eigenvalue weighted by Gasteiger charge is 1.91. The fraction of sp³-hybridized carbons (Fsp3) is 1.00. The Bertz CT molecular complexity index is 116. The molecule has 1 N–H and O–H groups in total. The molecule has 3 nitrogen and oxygen atoms in total. The van der Waals surface area contributed by atoms with Crippen molar-refractivity contribution in [3.8, 4) is 0 Å². The van der Waals surface area contributed by atoms with Crippen molar-refractivity contribution < 1.29 is 8.42 Å². The lowest BCUT2D eigenvalue weighted by molar-refractivity contribution is 0.606. The summed E-state index contributed by atoms with van der Waals surface area (Å²) in [5.41, 5.74) is 0. The molecule has 0 aliphatic rings. The Morgan fingerprint density at radius 2 is 1.83 bits per heavy atom. The average Bonchev–Trinajstić information content (AvgIpc) is 1.35. The van der Waals surface area contributed by atoms with Crippen LogP contribution in [0, 0.1) is 0 Å². The van der Waals surface area contributed by atoms with Crippen molar-refractivity contribution >= 4 is 28.4 Å². The second kappa shape index (κ2) is 2.08. The average molecular weight is 221 g/mol. The largest absolute Gasteiger partial charge is 0.264 e. The predicted molar refractivity (Wildman–Crippen MR) is 32.0 cm³/mol. The van der Waals surface area contributed by atoms with Gasteiger partial charge in [-0.1, -0.05) is 0 Å². The monoisotopic (exact) mass is 221 g/mol. The Kier molecular flexibility index (Phi) is 2.30. The van der Waals surface area contributed by atoms with Gasteiger partial charge in [0.15, 0.2) is 0 Å². The summed E-state index contributed by atoms with van der Waals surface area (Å²) in [5, 5.41) is 0. The van der Waals surface area contributed by atoms with E-state index >= 15 is 0 Å². The van der Waals surface area contributed by atoms with Crippen molar-refractivity contribution in [1.29, 1.82) is 0 Å². The first-order valence-corrected chi connectivity index (χ1v) is 5.22. The molecule has 0 fully saturated rings. The molecule has 0 saturated carbocycles. The van der Waals surface area contributed by atoms with E-state index in [1.165, 1.54) is 28.3 Å². The van der Waals surface area contributed by atoms with E-state index in [1.54, 1.807) is 0 Å². The maximum atomic E-state index is 9.88. The molecule has 0 heterocycles. The molecule has 0 radical (unpaired) electrons. The van der Waals surface area contributed by atoms with Crippen LogP contribution >= 0.6 is 21.2 Å². The molecule has 0 aromatic carbocycles. The zero-order valence-corrected chi connectivity index (χ0v) is 6.08. The van der Waals surface area contributed by atoms with E-state index in [1.807, 2.05) is 0 Å². The van der Waals surface area contributed by atoms with E-state index in [9.17, 15) is 8.42 Å². The van der Waals surface area contributed by atoms with E-state index in [-0.39, 0.29) is 0 Å². The number of hydrogen-bond donors (Lipinski definition) is 1. The Hall–Kier alpha value is 0.640. The normalized spacial score (nSPS) is 11.7. The zero-order chi connectivity index (χ0) is 5.21. The highest BCUT2D eigenvalue weighted by molar-refractivity contribution is 14.2. The molecule has 6 heavy (non-hydrogen) atoms. The maximum absolute atomic E-state index is 9.88. The third kappa shape index (κ3) is 4.64. The molecule has 0 aromatic heterocycles. The van der Waals surface area contributed by atoms with E-state index in [4.69, 9.17) is 0 Å². The van der Waals surface area contributed by atoms with Crippen LogP contribution in [0.15, 0.2) is 0 Å². The molecule has 0 aliphatic carbocycles. The van der Waals surface area contributed by atoms with Gasteiger partial charge in [-0.15, -0.1) is 0 Å². The SMILES string of the molecule is CNS(=O)(=O)I. The summed E-state index contributed by atoms with van der Waals surface area (Å²) in [6.07, 6.45) is 0. The van der Waals surface area contributed by atoms with Crippen LogP contribution in [0.2, 0.25) is 0 Å². The van der Waals surface area contributed by atoms with Crippen molar-refractivity contribution in [3.63, 3.8) is 0 Å². The van der Waals surface area contributed by atoms with Gasteiger partial charge in [-0.3, -0.25) is 0 Å². The molecule has 0 aromatic rings. The van der Waals surface area contributed by atoms with Crippen molar-refractivity contribution in [1.82, 2.24) is 4.72 Å². The van der Waals surface area contributed by atoms with Gasteiger partial charge in [-0.2, -0.15) is 0 Å². The zero-order valence-electron chi connectivity index (χ0n) is 3.10. The second-order valence-electron chi connectivity index (χ2n) is 0.642. The van der Waals surface area contributed by atoms with Gasteiger partial charge in [0.05, 0.1) is 21.2 Å². The van der Waals surface area contributed by atoms with E-state index in [0.29, 0.717) is 0 Å². The van der Waals surface area contributed by atoms with Crippen molar-refractivity contribution in [2.24, 2.45) is 0 Å². The molecule has 0 saturated heterocycles. The van der Waals surface area contributed by atoms with Gasteiger partial charge < -0.3 is 0 Å². The summed E-state index contributed by atoms with van der Waals surface area (Å²) in [6, 6.07) is 0. The number of halogens is 1. The maximum Gasteiger partial charge on any atom is 0.264 e. The quantitative estimate of drug-likeness (QED) is 0.495. The van der Waals surface area contributed by atoms with Crippen LogP contribution in [0.3, 0.4) is 0 Å². The van der Waals surface area contributed by atoms with Crippen LogP contribution < -0.4 is 4.72 Å². The van der Waals surface area contributed by atoms with Gasteiger partial charge in [0.1, 0.15) is 0 Å². The molecule has 5 heteroatoms. The number of hydrogen-bond acceptors (Lipinski definition) is 2. The Balaban J connectivity index is 3.85. The first-order valence-electron chi connectivity index (χ1n) is 1.19. The summed E-state index contributed by atoms with van der Waals surface area (Å²) in [6.45, 7) is 0. The highest BCUT2D eigenvalue weighted by atomic mass is 127. The summed E-state index contributed by atoms with van der Waals surface area (Å²) in [7, 11) is -1.58. The Labute approximate surface area is 48.8 Å². The third-order valence-corrected chi connectivity index (χ3v) is 2.05. The van der Waals surface area contributed by atoms with Crippen LogP contribution in [0.5, 0.6) is 0 Å². The molecule has 0 aliphatic heterocycles. The smallest absolute Gasteiger partial charge is 0.210 e. The van der Waals surface area contributed by atoms with Crippen molar-refractivity contribution in [2.45, 2.75) is 0 Å². The van der Waals surface area contributed by atoms with Gasteiger partial charge in [-0.05, 0) is 7.05 Å². The number of nitrogens with one attached hydrogen (secondary N) is 1. The van der Waals surface area contributed by atoms with E-state index in [0.717, 1.165) is 0 Å². The molecular formula is CH4INO2S. The molecule has 0 bridgehead atoms. The topological polar surface area (TPSA) is 46.2 Å². The fourth-order valence-electron chi connectivity index (χ4n) is 0. The van der Waals surface area contributed by atoms with Gasteiger partial charge in [0.25, 0.3) is 7.19 Å². The lowest BCUT2D eigenvalue weighted by atomic mass is 11.6. The minimum Gasteiger partial charge on any atom is -0.210 e. The lowest BCUT2D eigenvalue weighted by Crippen LogP contribution is -2.09. The van der Waals surface area contributed by atoms with Crippen LogP contribution in [0.1, 0.15) is 0 Å². The molecule has 0 rings (SSSR count). The minimum absolute atomic E-state index is 1.30. The van der Waals surface area contributed by atoms with Crippen molar-refractivity contribution in [2.75, 3.05) is 7.05 Å². The van der Waals surface area contributed by atoms with Crippen molar-refractivity contribution in [3.05, 3.63) is 0 Å². The Morgan fingerprint density at radius 1 is 1.67 bits per heavy atom. The summed E-state index contributed by atoms with van der Waals surface area (Å²) >= 11 is 1.30. The van der Waals surface area contributed by atoms with Gasteiger partial charge in [0, 0.05) is 0 Å². The number of rotatable bonds is 1. The predicted octanol–water partition coefficient (Wildman–Crippen LogP) is -0.114. The standard InChI is InChI=1S/CH4INO2S/c1-3-6(2,4)5/h3H,1H3. The lowest BCUT2D eigenvalue weighted by Gasteiger charge is -1.82. The molecule has 0 amide bonds. The van der Waals surface area contributed by atoms with E-state index in [2.05, 4.69) is 4.72 Å². The highest BCUT2D eigenvalue weighted by Crippen LogP contribution is 1.90. The molecule has 0 atom stereocenters. The van der Waals surface area contributed by atoms with Gasteiger partial charge in [-0.25, -0.2) is 13.1 Å². The first-order chi connectivity index (χ1) is 2.56.